The normalized spacial score (nSPS) is 12.0. The molecular formula is C19H41N. The van der Waals surface area contributed by atoms with Gasteiger partial charge < -0.3 is 5.32 Å². The van der Waals surface area contributed by atoms with Gasteiger partial charge in [-0.3, -0.25) is 0 Å². The lowest BCUT2D eigenvalue weighted by molar-refractivity contribution is 0.354. The Morgan fingerprint density at radius 1 is 0.600 bits per heavy atom. The Labute approximate surface area is 129 Å². The van der Waals surface area contributed by atoms with Gasteiger partial charge in [-0.25, -0.2) is 0 Å². The van der Waals surface area contributed by atoms with Crippen molar-refractivity contribution in [2.75, 3.05) is 6.54 Å². The molecule has 0 rings (SSSR count). The van der Waals surface area contributed by atoms with E-state index < -0.39 is 0 Å². The van der Waals surface area contributed by atoms with E-state index in [1.165, 1.54) is 83.5 Å². The van der Waals surface area contributed by atoms with Gasteiger partial charge >= 0.3 is 0 Å². The first-order chi connectivity index (χ1) is 9.62. The molecule has 0 atom stereocenters. The van der Waals surface area contributed by atoms with E-state index in [9.17, 15) is 0 Å². The van der Waals surface area contributed by atoms with Crippen LogP contribution in [0.2, 0.25) is 0 Å². The van der Waals surface area contributed by atoms with Crippen molar-refractivity contribution < 1.29 is 0 Å². The Morgan fingerprint density at radius 3 is 1.40 bits per heavy atom. The smallest absolute Gasteiger partial charge is 0.0125 e. The highest BCUT2D eigenvalue weighted by Crippen LogP contribution is 2.16. The standard InChI is InChI=1S/C19H41N/c1-5-7-8-9-10-11-12-13-14-15-16-17-18-19(3,4)20-6-2/h20H,5-18H2,1-4H3. The second-order valence-electron chi connectivity index (χ2n) is 7.05. The van der Waals surface area contributed by atoms with Gasteiger partial charge in [0, 0.05) is 5.54 Å². The largest absolute Gasteiger partial charge is 0.312 e. The molecule has 0 saturated carbocycles. The summed E-state index contributed by atoms with van der Waals surface area (Å²) in [4.78, 5) is 0. The van der Waals surface area contributed by atoms with Gasteiger partial charge in [-0.1, -0.05) is 90.9 Å². The van der Waals surface area contributed by atoms with E-state index in [2.05, 4.69) is 33.0 Å². The second kappa shape index (κ2) is 13.9. The van der Waals surface area contributed by atoms with Crippen molar-refractivity contribution in [3.8, 4) is 0 Å². The maximum Gasteiger partial charge on any atom is 0.0125 e. The lowest BCUT2D eigenvalue weighted by Crippen LogP contribution is -2.38. The number of hydrogen-bond acceptors (Lipinski definition) is 1. The molecule has 0 aliphatic carbocycles. The van der Waals surface area contributed by atoms with Crippen LogP contribution in [0, 0.1) is 0 Å². The Kier molecular flexibility index (Phi) is 13.9. The molecule has 0 fully saturated rings. The van der Waals surface area contributed by atoms with E-state index in [0.29, 0.717) is 5.54 Å². The summed E-state index contributed by atoms with van der Waals surface area (Å²) in [5.74, 6) is 0. The van der Waals surface area contributed by atoms with Gasteiger partial charge in [0.1, 0.15) is 0 Å². The summed E-state index contributed by atoms with van der Waals surface area (Å²) in [5.41, 5.74) is 0.341. The topological polar surface area (TPSA) is 12.0 Å². The first-order valence-corrected chi connectivity index (χ1v) is 9.37. The van der Waals surface area contributed by atoms with E-state index in [0.717, 1.165) is 6.54 Å². The molecular weight excluding hydrogens is 242 g/mol. The van der Waals surface area contributed by atoms with Gasteiger partial charge in [-0.05, 0) is 26.8 Å². The summed E-state index contributed by atoms with van der Waals surface area (Å²) in [7, 11) is 0. The molecule has 20 heavy (non-hydrogen) atoms. The van der Waals surface area contributed by atoms with Crippen LogP contribution in [0.5, 0.6) is 0 Å². The first kappa shape index (κ1) is 20.0. The van der Waals surface area contributed by atoms with Gasteiger partial charge in [0.15, 0.2) is 0 Å². The average molecular weight is 284 g/mol. The molecule has 0 aliphatic rings. The van der Waals surface area contributed by atoms with Crippen LogP contribution in [0.15, 0.2) is 0 Å². The van der Waals surface area contributed by atoms with Crippen molar-refractivity contribution in [2.24, 2.45) is 0 Å². The fourth-order valence-corrected chi connectivity index (χ4v) is 2.97. The molecule has 122 valence electrons. The third kappa shape index (κ3) is 14.4. The van der Waals surface area contributed by atoms with Gasteiger partial charge in [-0.15, -0.1) is 0 Å². The summed E-state index contributed by atoms with van der Waals surface area (Å²) in [6, 6.07) is 0. The molecule has 0 aliphatic heterocycles. The molecule has 0 aromatic heterocycles. The summed E-state index contributed by atoms with van der Waals surface area (Å²) < 4.78 is 0. The molecule has 1 nitrogen and oxygen atoms in total. The Balaban J connectivity index is 3.13. The van der Waals surface area contributed by atoms with Crippen LogP contribution in [0.25, 0.3) is 0 Å². The molecule has 0 heterocycles. The van der Waals surface area contributed by atoms with Crippen LogP contribution < -0.4 is 5.32 Å². The molecule has 0 aromatic rings. The maximum absolute atomic E-state index is 3.56. The molecule has 0 unspecified atom stereocenters. The van der Waals surface area contributed by atoms with Crippen molar-refractivity contribution in [1.29, 1.82) is 0 Å². The van der Waals surface area contributed by atoms with Crippen LogP contribution in [0.1, 0.15) is 111 Å². The zero-order valence-electron chi connectivity index (χ0n) is 14.9. The van der Waals surface area contributed by atoms with Crippen molar-refractivity contribution in [1.82, 2.24) is 5.32 Å². The first-order valence-electron chi connectivity index (χ1n) is 9.37. The maximum atomic E-state index is 3.56. The molecule has 0 spiro atoms. The molecule has 0 radical (unpaired) electrons. The summed E-state index contributed by atoms with van der Waals surface area (Å²) in [6.45, 7) is 10.2. The predicted octanol–water partition coefficient (Wildman–Crippen LogP) is 6.47. The van der Waals surface area contributed by atoms with Crippen LogP contribution in [0.4, 0.5) is 0 Å². The number of unbranched alkanes of at least 4 members (excludes halogenated alkanes) is 11. The molecule has 1 heteroatoms. The van der Waals surface area contributed by atoms with E-state index in [1.807, 2.05) is 0 Å². The average Bonchev–Trinajstić information content (AvgIpc) is 2.40. The Morgan fingerprint density at radius 2 is 1.00 bits per heavy atom. The highest BCUT2D eigenvalue weighted by Gasteiger charge is 2.14. The zero-order chi connectivity index (χ0) is 15.1. The Bertz CT molecular complexity index is 186. The van der Waals surface area contributed by atoms with Gasteiger partial charge in [0.25, 0.3) is 0 Å². The second-order valence-corrected chi connectivity index (χ2v) is 7.05. The van der Waals surface area contributed by atoms with E-state index in [1.54, 1.807) is 0 Å². The fourth-order valence-electron chi connectivity index (χ4n) is 2.97. The number of nitrogens with one attached hydrogen (secondary N) is 1. The lowest BCUT2D eigenvalue weighted by Gasteiger charge is -2.25. The minimum Gasteiger partial charge on any atom is -0.312 e. The Hall–Kier alpha value is -0.0400. The third-order valence-corrected chi connectivity index (χ3v) is 4.31. The monoisotopic (exact) mass is 283 g/mol. The van der Waals surface area contributed by atoms with Crippen molar-refractivity contribution in [3.05, 3.63) is 0 Å². The number of hydrogen-bond donors (Lipinski definition) is 1. The van der Waals surface area contributed by atoms with Crippen LogP contribution in [-0.2, 0) is 0 Å². The highest BCUT2D eigenvalue weighted by atomic mass is 14.9. The fraction of sp³-hybridized carbons (Fsp3) is 1.00. The summed E-state index contributed by atoms with van der Waals surface area (Å²) in [6.07, 6.45) is 18.6. The van der Waals surface area contributed by atoms with Crippen molar-refractivity contribution in [2.45, 2.75) is 117 Å². The zero-order valence-corrected chi connectivity index (χ0v) is 14.9. The van der Waals surface area contributed by atoms with Crippen molar-refractivity contribution >= 4 is 0 Å². The molecule has 1 N–H and O–H groups in total. The summed E-state index contributed by atoms with van der Waals surface area (Å²) in [5, 5.41) is 3.56. The van der Waals surface area contributed by atoms with Gasteiger partial charge in [-0.2, -0.15) is 0 Å². The predicted molar refractivity (Wildman–Crippen MR) is 93.5 cm³/mol. The van der Waals surface area contributed by atoms with Crippen molar-refractivity contribution in [3.63, 3.8) is 0 Å². The van der Waals surface area contributed by atoms with E-state index in [4.69, 9.17) is 0 Å². The molecule has 0 aromatic carbocycles. The third-order valence-electron chi connectivity index (χ3n) is 4.31. The van der Waals surface area contributed by atoms with Crippen LogP contribution in [-0.4, -0.2) is 12.1 Å². The van der Waals surface area contributed by atoms with Gasteiger partial charge in [0.2, 0.25) is 0 Å². The molecule has 0 bridgehead atoms. The van der Waals surface area contributed by atoms with E-state index in [-0.39, 0.29) is 0 Å². The minimum atomic E-state index is 0.341. The quantitative estimate of drug-likeness (QED) is 0.340. The highest BCUT2D eigenvalue weighted by molar-refractivity contribution is 4.76. The summed E-state index contributed by atoms with van der Waals surface area (Å²) >= 11 is 0. The van der Waals surface area contributed by atoms with Crippen LogP contribution >= 0.6 is 0 Å². The van der Waals surface area contributed by atoms with Gasteiger partial charge in [0.05, 0.1) is 0 Å². The number of rotatable bonds is 15. The van der Waals surface area contributed by atoms with Crippen LogP contribution in [0.3, 0.4) is 0 Å². The SMILES string of the molecule is CCCCCCCCCCCCCCC(C)(C)NCC. The molecule has 0 amide bonds. The molecule has 0 saturated heterocycles. The lowest BCUT2D eigenvalue weighted by atomic mass is 9.96. The minimum absolute atomic E-state index is 0.341. The van der Waals surface area contributed by atoms with E-state index >= 15 is 0 Å².